The number of anilines is 1. The molecule has 5 heteroatoms. The van der Waals surface area contributed by atoms with Gasteiger partial charge in [0.05, 0.1) is 5.56 Å². The first-order valence-corrected chi connectivity index (χ1v) is 7.98. The first kappa shape index (κ1) is 15.3. The van der Waals surface area contributed by atoms with E-state index in [1.165, 1.54) is 12.8 Å². The van der Waals surface area contributed by atoms with E-state index in [1.54, 1.807) is 6.07 Å². The summed E-state index contributed by atoms with van der Waals surface area (Å²) in [6.45, 7) is 5.33. The number of carbonyl (C=O) groups is 1. The standard InChI is InChI=1S/C15H22BrN3O/c1-2-8-19(10-11-4-3-7-18-11)12-5-6-13(15(17)20)14(16)9-12/h5-6,9,11,18H,2-4,7-8,10H2,1H3,(H2,17,20). The second-order valence-corrected chi connectivity index (χ2v) is 6.12. The molecule has 1 aliphatic rings. The Balaban J connectivity index is 2.15. The zero-order valence-electron chi connectivity index (χ0n) is 11.9. The van der Waals surface area contributed by atoms with Gasteiger partial charge in [0, 0.05) is 29.3 Å². The van der Waals surface area contributed by atoms with E-state index in [0.29, 0.717) is 11.6 Å². The van der Waals surface area contributed by atoms with Gasteiger partial charge >= 0.3 is 0 Å². The molecule has 1 atom stereocenters. The number of benzene rings is 1. The van der Waals surface area contributed by atoms with Crippen LogP contribution < -0.4 is 16.0 Å². The number of halogens is 1. The van der Waals surface area contributed by atoms with Crippen LogP contribution in [0.4, 0.5) is 5.69 Å². The number of primary amides is 1. The van der Waals surface area contributed by atoms with E-state index in [2.05, 4.69) is 33.1 Å². The average Bonchev–Trinajstić information content (AvgIpc) is 2.90. The Hall–Kier alpha value is -1.07. The SMILES string of the molecule is CCCN(CC1CCCN1)c1ccc(C(N)=O)c(Br)c1. The number of nitrogens with one attached hydrogen (secondary N) is 1. The summed E-state index contributed by atoms with van der Waals surface area (Å²) in [7, 11) is 0. The fourth-order valence-corrected chi connectivity index (χ4v) is 3.24. The molecule has 1 aromatic carbocycles. The number of amides is 1. The fraction of sp³-hybridized carbons (Fsp3) is 0.533. The number of carbonyl (C=O) groups excluding carboxylic acids is 1. The van der Waals surface area contributed by atoms with Crippen molar-refractivity contribution in [3.05, 3.63) is 28.2 Å². The first-order chi connectivity index (χ1) is 9.61. The highest BCUT2D eigenvalue weighted by atomic mass is 79.9. The molecule has 1 aliphatic heterocycles. The van der Waals surface area contributed by atoms with Gasteiger partial charge in [-0.15, -0.1) is 0 Å². The van der Waals surface area contributed by atoms with Crippen LogP contribution in [0.15, 0.2) is 22.7 Å². The first-order valence-electron chi connectivity index (χ1n) is 7.19. The quantitative estimate of drug-likeness (QED) is 0.837. The number of hydrogen-bond acceptors (Lipinski definition) is 3. The molecule has 0 saturated carbocycles. The molecule has 1 fully saturated rings. The smallest absolute Gasteiger partial charge is 0.249 e. The van der Waals surface area contributed by atoms with Crippen molar-refractivity contribution in [2.45, 2.75) is 32.2 Å². The van der Waals surface area contributed by atoms with Crippen LogP contribution in [0.25, 0.3) is 0 Å². The maximum atomic E-state index is 11.3. The van der Waals surface area contributed by atoms with E-state index in [-0.39, 0.29) is 0 Å². The second-order valence-electron chi connectivity index (χ2n) is 5.27. The Morgan fingerprint density at radius 1 is 1.55 bits per heavy atom. The van der Waals surface area contributed by atoms with E-state index >= 15 is 0 Å². The zero-order valence-corrected chi connectivity index (χ0v) is 13.4. The van der Waals surface area contributed by atoms with Gasteiger partial charge in [0.15, 0.2) is 0 Å². The van der Waals surface area contributed by atoms with Crippen LogP contribution in [0.3, 0.4) is 0 Å². The minimum atomic E-state index is -0.400. The van der Waals surface area contributed by atoms with Gasteiger partial charge in [-0.2, -0.15) is 0 Å². The zero-order chi connectivity index (χ0) is 14.5. The van der Waals surface area contributed by atoms with Gasteiger partial charge in [-0.05, 0) is 59.9 Å². The van der Waals surface area contributed by atoms with Gasteiger partial charge < -0.3 is 16.0 Å². The Morgan fingerprint density at radius 2 is 2.35 bits per heavy atom. The molecule has 0 aliphatic carbocycles. The molecule has 1 heterocycles. The number of nitrogens with two attached hydrogens (primary N) is 1. The molecule has 0 aromatic heterocycles. The summed E-state index contributed by atoms with van der Waals surface area (Å²) in [6.07, 6.45) is 3.59. The van der Waals surface area contributed by atoms with E-state index in [1.807, 2.05) is 12.1 Å². The Labute approximate surface area is 128 Å². The predicted molar refractivity (Wildman–Crippen MR) is 86.2 cm³/mol. The third-order valence-corrected chi connectivity index (χ3v) is 4.34. The number of hydrogen-bond donors (Lipinski definition) is 2. The van der Waals surface area contributed by atoms with Crippen molar-refractivity contribution >= 4 is 27.5 Å². The number of rotatable bonds is 6. The third-order valence-electron chi connectivity index (χ3n) is 3.68. The summed E-state index contributed by atoms with van der Waals surface area (Å²) in [5, 5.41) is 3.53. The molecule has 4 nitrogen and oxygen atoms in total. The summed E-state index contributed by atoms with van der Waals surface area (Å²) >= 11 is 3.44. The van der Waals surface area contributed by atoms with Crippen molar-refractivity contribution in [3.63, 3.8) is 0 Å². The second kappa shape index (κ2) is 7.09. The van der Waals surface area contributed by atoms with Crippen molar-refractivity contribution in [1.82, 2.24) is 5.32 Å². The van der Waals surface area contributed by atoms with Gasteiger partial charge in [0.2, 0.25) is 5.91 Å². The normalized spacial score (nSPS) is 18.2. The summed E-state index contributed by atoms with van der Waals surface area (Å²) < 4.78 is 0.767. The van der Waals surface area contributed by atoms with E-state index in [9.17, 15) is 4.79 Å². The summed E-state index contributed by atoms with van der Waals surface area (Å²) in [4.78, 5) is 13.6. The maximum absolute atomic E-state index is 11.3. The molecule has 1 aromatic rings. The molecule has 0 spiro atoms. The molecule has 1 saturated heterocycles. The van der Waals surface area contributed by atoms with Gasteiger partial charge in [-0.25, -0.2) is 0 Å². The van der Waals surface area contributed by atoms with Crippen molar-refractivity contribution in [1.29, 1.82) is 0 Å². The lowest BCUT2D eigenvalue weighted by Gasteiger charge is -2.28. The molecule has 2 rings (SSSR count). The Kier molecular flexibility index (Phi) is 5.43. The van der Waals surface area contributed by atoms with Gasteiger partial charge in [0.25, 0.3) is 0 Å². The van der Waals surface area contributed by atoms with Crippen LogP contribution >= 0.6 is 15.9 Å². The van der Waals surface area contributed by atoms with E-state index in [4.69, 9.17) is 5.73 Å². The minimum Gasteiger partial charge on any atom is -0.370 e. The fourth-order valence-electron chi connectivity index (χ4n) is 2.67. The monoisotopic (exact) mass is 339 g/mol. The topological polar surface area (TPSA) is 58.4 Å². The van der Waals surface area contributed by atoms with Crippen molar-refractivity contribution < 1.29 is 4.79 Å². The molecule has 110 valence electrons. The van der Waals surface area contributed by atoms with Crippen LogP contribution in [-0.4, -0.2) is 31.6 Å². The molecular formula is C15H22BrN3O. The summed E-state index contributed by atoms with van der Waals surface area (Å²) in [5.74, 6) is -0.400. The summed E-state index contributed by atoms with van der Waals surface area (Å²) in [5.41, 5.74) is 7.01. The third kappa shape index (κ3) is 3.73. The predicted octanol–water partition coefficient (Wildman–Crippen LogP) is 2.52. The molecule has 1 unspecified atom stereocenters. The number of nitrogens with zero attached hydrogens (tertiary/aromatic N) is 1. The lowest BCUT2D eigenvalue weighted by atomic mass is 10.1. The highest BCUT2D eigenvalue weighted by Gasteiger charge is 2.18. The van der Waals surface area contributed by atoms with Crippen LogP contribution in [0, 0.1) is 0 Å². The molecule has 0 radical (unpaired) electrons. The Morgan fingerprint density at radius 3 is 2.90 bits per heavy atom. The largest absolute Gasteiger partial charge is 0.370 e. The van der Waals surface area contributed by atoms with Gasteiger partial charge in [0.1, 0.15) is 0 Å². The molecule has 0 bridgehead atoms. The highest BCUT2D eigenvalue weighted by molar-refractivity contribution is 9.10. The molecular weight excluding hydrogens is 318 g/mol. The lowest BCUT2D eigenvalue weighted by Crippen LogP contribution is -2.38. The maximum Gasteiger partial charge on any atom is 0.249 e. The van der Waals surface area contributed by atoms with Gasteiger partial charge in [-0.3, -0.25) is 4.79 Å². The van der Waals surface area contributed by atoms with Crippen LogP contribution in [-0.2, 0) is 0 Å². The van der Waals surface area contributed by atoms with E-state index < -0.39 is 5.91 Å². The van der Waals surface area contributed by atoms with Crippen LogP contribution in [0.1, 0.15) is 36.5 Å². The van der Waals surface area contributed by atoms with Gasteiger partial charge in [-0.1, -0.05) is 6.92 Å². The summed E-state index contributed by atoms with van der Waals surface area (Å²) in [6, 6.07) is 6.34. The van der Waals surface area contributed by atoms with Crippen LogP contribution in [0.2, 0.25) is 0 Å². The molecule has 20 heavy (non-hydrogen) atoms. The lowest BCUT2D eigenvalue weighted by molar-refractivity contribution is 0.0999. The highest BCUT2D eigenvalue weighted by Crippen LogP contribution is 2.25. The molecule has 1 amide bonds. The van der Waals surface area contributed by atoms with Crippen LogP contribution in [0.5, 0.6) is 0 Å². The van der Waals surface area contributed by atoms with Crippen molar-refractivity contribution in [2.75, 3.05) is 24.5 Å². The van der Waals surface area contributed by atoms with E-state index in [0.717, 1.165) is 36.2 Å². The minimum absolute atomic E-state index is 0.400. The molecule has 3 N–H and O–H groups in total. The average molecular weight is 340 g/mol. The van der Waals surface area contributed by atoms with Crippen molar-refractivity contribution in [3.8, 4) is 0 Å². The Bertz CT molecular complexity index is 472. The van der Waals surface area contributed by atoms with Crippen molar-refractivity contribution in [2.24, 2.45) is 5.73 Å².